The maximum Gasteiger partial charge on any atom is 0.255 e. The van der Waals surface area contributed by atoms with Crippen molar-refractivity contribution in [3.8, 4) is 0 Å². The molecule has 156 valence electrons. The van der Waals surface area contributed by atoms with E-state index >= 15 is 0 Å². The molecule has 0 aliphatic rings. The summed E-state index contributed by atoms with van der Waals surface area (Å²) in [7, 11) is 0. The lowest BCUT2D eigenvalue weighted by molar-refractivity contribution is -0.116. The molecule has 0 unspecified atom stereocenters. The first kappa shape index (κ1) is 21.3. The Morgan fingerprint density at radius 2 is 1.70 bits per heavy atom. The fraction of sp³-hybridized carbons (Fsp3) is 0.292. The number of carbonyl (C=O) groups is 2. The van der Waals surface area contributed by atoms with E-state index < -0.39 is 0 Å². The number of hydrogen-bond acceptors (Lipinski definition) is 3. The van der Waals surface area contributed by atoms with Crippen molar-refractivity contribution in [2.24, 2.45) is 0 Å². The summed E-state index contributed by atoms with van der Waals surface area (Å²) in [5.74, 6) is -0.121. The molecular formula is C24H28N4O2. The molecular weight excluding hydrogens is 376 g/mol. The van der Waals surface area contributed by atoms with Crippen LogP contribution in [-0.4, -0.2) is 21.6 Å². The molecule has 2 aromatic carbocycles. The Kier molecular flexibility index (Phi) is 7.38. The molecule has 0 fully saturated rings. The van der Waals surface area contributed by atoms with Crippen molar-refractivity contribution in [2.75, 3.05) is 5.32 Å². The number of rotatable bonds is 9. The maximum absolute atomic E-state index is 12.7. The lowest BCUT2D eigenvalue weighted by Gasteiger charge is -2.09. The van der Waals surface area contributed by atoms with E-state index in [4.69, 9.17) is 0 Å². The van der Waals surface area contributed by atoms with Crippen LogP contribution in [0.1, 0.15) is 53.9 Å². The molecule has 6 heteroatoms. The van der Waals surface area contributed by atoms with Gasteiger partial charge in [-0.1, -0.05) is 56.3 Å². The third-order valence-corrected chi connectivity index (χ3v) is 4.87. The Bertz CT molecular complexity index is 978. The number of benzene rings is 2. The van der Waals surface area contributed by atoms with Crippen LogP contribution in [-0.2, 0) is 24.3 Å². The van der Waals surface area contributed by atoms with Crippen molar-refractivity contribution in [2.45, 2.75) is 46.2 Å². The van der Waals surface area contributed by atoms with Gasteiger partial charge in [0.25, 0.3) is 5.91 Å². The molecule has 3 rings (SSSR count). The van der Waals surface area contributed by atoms with Crippen LogP contribution in [0, 0.1) is 0 Å². The van der Waals surface area contributed by atoms with Gasteiger partial charge in [-0.25, -0.2) is 0 Å². The van der Waals surface area contributed by atoms with Gasteiger partial charge in [0.1, 0.15) is 0 Å². The van der Waals surface area contributed by atoms with Gasteiger partial charge in [-0.05, 0) is 36.1 Å². The van der Waals surface area contributed by atoms with Crippen molar-refractivity contribution in [1.29, 1.82) is 0 Å². The average molecular weight is 405 g/mol. The van der Waals surface area contributed by atoms with E-state index in [0.29, 0.717) is 25.1 Å². The number of hydrogen-bond donors (Lipinski definition) is 2. The molecule has 0 saturated heterocycles. The molecule has 0 spiro atoms. The maximum atomic E-state index is 12.7. The summed E-state index contributed by atoms with van der Waals surface area (Å²) in [6.45, 7) is 5.05. The van der Waals surface area contributed by atoms with Crippen LogP contribution in [0.3, 0.4) is 0 Å². The zero-order valence-electron chi connectivity index (χ0n) is 17.5. The normalized spacial score (nSPS) is 10.6. The van der Waals surface area contributed by atoms with E-state index in [1.165, 1.54) is 0 Å². The second kappa shape index (κ2) is 10.4. The molecule has 0 radical (unpaired) electrons. The largest absolute Gasteiger partial charge is 0.348 e. The van der Waals surface area contributed by atoms with E-state index in [2.05, 4.69) is 27.9 Å². The zero-order valence-corrected chi connectivity index (χ0v) is 17.5. The molecule has 30 heavy (non-hydrogen) atoms. The van der Waals surface area contributed by atoms with Crippen LogP contribution in [0.15, 0.2) is 60.8 Å². The van der Waals surface area contributed by atoms with Gasteiger partial charge < -0.3 is 10.6 Å². The van der Waals surface area contributed by atoms with Gasteiger partial charge in [0, 0.05) is 18.7 Å². The van der Waals surface area contributed by atoms with Crippen molar-refractivity contribution in [3.63, 3.8) is 0 Å². The summed E-state index contributed by atoms with van der Waals surface area (Å²) in [5.41, 5.74) is 4.40. The van der Waals surface area contributed by atoms with Gasteiger partial charge in [-0.2, -0.15) is 5.10 Å². The third-order valence-electron chi connectivity index (χ3n) is 4.87. The number of amides is 2. The van der Waals surface area contributed by atoms with Gasteiger partial charge in [0.2, 0.25) is 5.91 Å². The van der Waals surface area contributed by atoms with Gasteiger partial charge in [-0.15, -0.1) is 0 Å². The van der Waals surface area contributed by atoms with Crippen molar-refractivity contribution >= 4 is 17.5 Å². The number of anilines is 1. The molecule has 1 heterocycles. The molecule has 0 bridgehead atoms. The first-order valence-electron chi connectivity index (χ1n) is 10.4. The number of aromatic nitrogens is 2. The van der Waals surface area contributed by atoms with E-state index in [1.54, 1.807) is 6.20 Å². The molecule has 2 amide bonds. The molecule has 3 aromatic rings. The molecule has 0 atom stereocenters. The van der Waals surface area contributed by atoms with Gasteiger partial charge in [-0.3, -0.25) is 14.3 Å². The topological polar surface area (TPSA) is 76.0 Å². The highest BCUT2D eigenvalue weighted by Crippen LogP contribution is 2.14. The molecule has 0 aliphatic heterocycles. The fourth-order valence-corrected chi connectivity index (χ4v) is 3.30. The Morgan fingerprint density at radius 3 is 2.37 bits per heavy atom. The molecule has 1 aromatic heterocycles. The molecule has 6 nitrogen and oxygen atoms in total. The van der Waals surface area contributed by atoms with E-state index in [9.17, 15) is 9.59 Å². The SMILES string of the molecule is CCCC(=O)Nc1ccc(CNC(=O)c2cnn(Cc3ccccc3)c2CC)cc1. The smallest absolute Gasteiger partial charge is 0.255 e. The Balaban J connectivity index is 1.60. The van der Waals surface area contributed by atoms with Crippen LogP contribution < -0.4 is 10.6 Å². The van der Waals surface area contributed by atoms with E-state index in [-0.39, 0.29) is 11.8 Å². The monoisotopic (exact) mass is 404 g/mol. The zero-order chi connectivity index (χ0) is 21.3. The standard InChI is InChI=1S/C24H28N4O2/c1-3-8-23(29)27-20-13-11-18(12-14-20)15-25-24(30)21-16-26-28(22(21)4-2)17-19-9-6-5-7-10-19/h5-7,9-14,16H,3-4,8,15,17H2,1-2H3,(H,25,30)(H,27,29). The van der Waals surface area contributed by atoms with Crippen LogP contribution >= 0.6 is 0 Å². The summed E-state index contributed by atoms with van der Waals surface area (Å²) in [6, 6.07) is 17.6. The van der Waals surface area contributed by atoms with Crippen LogP contribution in [0.5, 0.6) is 0 Å². The second-order valence-electron chi connectivity index (χ2n) is 7.18. The third kappa shape index (κ3) is 5.56. The number of nitrogens with one attached hydrogen (secondary N) is 2. The second-order valence-corrected chi connectivity index (χ2v) is 7.18. The minimum Gasteiger partial charge on any atom is -0.348 e. The van der Waals surface area contributed by atoms with E-state index in [1.807, 2.05) is 61.0 Å². The van der Waals surface area contributed by atoms with Gasteiger partial charge in [0.15, 0.2) is 0 Å². The summed E-state index contributed by atoms with van der Waals surface area (Å²) in [4.78, 5) is 24.4. The Morgan fingerprint density at radius 1 is 0.967 bits per heavy atom. The number of nitrogens with zero attached hydrogens (tertiary/aromatic N) is 2. The van der Waals surface area contributed by atoms with Gasteiger partial charge in [0.05, 0.1) is 24.0 Å². The molecule has 0 saturated carbocycles. The first-order chi connectivity index (χ1) is 14.6. The first-order valence-corrected chi connectivity index (χ1v) is 10.4. The highest BCUT2D eigenvalue weighted by Gasteiger charge is 2.16. The molecule has 0 aliphatic carbocycles. The van der Waals surface area contributed by atoms with Crippen LogP contribution in [0.4, 0.5) is 5.69 Å². The summed E-state index contributed by atoms with van der Waals surface area (Å²) in [5, 5.41) is 10.3. The van der Waals surface area contributed by atoms with Crippen LogP contribution in [0.2, 0.25) is 0 Å². The van der Waals surface area contributed by atoms with Crippen LogP contribution in [0.25, 0.3) is 0 Å². The van der Waals surface area contributed by atoms with Crippen molar-refractivity contribution in [3.05, 3.63) is 83.2 Å². The fourth-order valence-electron chi connectivity index (χ4n) is 3.30. The lowest BCUT2D eigenvalue weighted by Crippen LogP contribution is -2.24. The molecule has 2 N–H and O–H groups in total. The quantitative estimate of drug-likeness (QED) is 0.562. The average Bonchev–Trinajstić information content (AvgIpc) is 3.16. The highest BCUT2D eigenvalue weighted by atomic mass is 16.2. The highest BCUT2D eigenvalue weighted by molar-refractivity contribution is 5.95. The minimum atomic E-state index is -0.133. The lowest BCUT2D eigenvalue weighted by atomic mass is 10.1. The Hall–Kier alpha value is -3.41. The van der Waals surface area contributed by atoms with E-state index in [0.717, 1.165) is 35.3 Å². The Labute approximate surface area is 177 Å². The predicted molar refractivity (Wildman–Crippen MR) is 118 cm³/mol. The summed E-state index contributed by atoms with van der Waals surface area (Å²) in [6.07, 6.45) is 3.69. The van der Waals surface area contributed by atoms with Crippen molar-refractivity contribution < 1.29 is 9.59 Å². The number of carbonyl (C=O) groups excluding carboxylic acids is 2. The predicted octanol–water partition coefficient (Wildman–Crippen LogP) is 4.16. The summed E-state index contributed by atoms with van der Waals surface area (Å²) >= 11 is 0. The van der Waals surface area contributed by atoms with Gasteiger partial charge >= 0.3 is 0 Å². The summed E-state index contributed by atoms with van der Waals surface area (Å²) < 4.78 is 1.89. The van der Waals surface area contributed by atoms with Crippen molar-refractivity contribution in [1.82, 2.24) is 15.1 Å². The minimum absolute atomic E-state index is 0.0122.